The molecular weight excluding hydrogens is 310 g/mol. The van der Waals surface area contributed by atoms with Crippen LogP contribution in [0.15, 0.2) is 48.5 Å². The summed E-state index contributed by atoms with van der Waals surface area (Å²) in [4.78, 5) is 12.2. The van der Waals surface area contributed by atoms with Crippen molar-refractivity contribution in [1.29, 1.82) is 0 Å². The predicted octanol–water partition coefficient (Wildman–Crippen LogP) is 4.84. The molecule has 0 radical (unpaired) electrons. The monoisotopic (exact) mass is 331 g/mol. The summed E-state index contributed by atoms with van der Waals surface area (Å²) >= 11 is 6.12. The molecule has 2 aromatic carbocycles. The van der Waals surface area contributed by atoms with Crippen molar-refractivity contribution in [2.75, 3.05) is 0 Å². The molecule has 0 saturated heterocycles. The summed E-state index contributed by atoms with van der Waals surface area (Å²) in [5.41, 5.74) is 1.52. The van der Waals surface area contributed by atoms with E-state index >= 15 is 0 Å². The van der Waals surface area contributed by atoms with Crippen molar-refractivity contribution < 1.29 is 9.53 Å². The molecule has 2 aromatic rings. The summed E-state index contributed by atoms with van der Waals surface area (Å²) in [7, 11) is 0. The van der Waals surface area contributed by atoms with E-state index in [-0.39, 0.29) is 11.9 Å². The highest BCUT2D eigenvalue weighted by Gasteiger charge is 2.10. The van der Waals surface area contributed by atoms with E-state index in [1.54, 1.807) is 12.1 Å². The van der Waals surface area contributed by atoms with Crippen molar-refractivity contribution in [3.05, 3.63) is 64.7 Å². The Kier molecular flexibility index (Phi) is 6.48. The minimum absolute atomic E-state index is 0.0749. The van der Waals surface area contributed by atoms with E-state index < -0.39 is 0 Å². The molecule has 0 unspecified atom stereocenters. The van der Waals surface area contributed by atoms with Gasteiger partial charge >= 0.3 is 0 Å². The molecule has 2 rings (SSSR count). The van der Waals surface area contributed by atoms with Crippen LogP contribution in [0.4, 0.5) is 0 Å². The second-order valence-electron chi connectivity index (χ2n) is 5.57. The minimum atomic E-state index is -0.0749. The van der Waals surface area contributed by atoms with E-state index in [1.807, 2.05) is 43.3 Å². The van der Waals surface area contributed by atoms with Gasteiger partial charge in [0.15, 0.2) is 0 Å². The number of nitrogens with one attached hydrogen (secondary N) is 1. The van der Waals surface area contributed by atoms with E-state index in [9.17, 15) is 4.79 Å². The van der Waals surface area contributed by atoms with Crippen molar-refractivity contribution in [3.8, 4) is 5.75 Å². The lowest BCUT2D eigenvalue weighted by Crippen LogP contribution is -2.32. The number of halogens is 1. The Morgan fingerprint density at radius 1 is 1.22 bits per heavy atom. The van der Waals surface area contributed by atoms with Crippen LogP contribution in [0.3, 0.4) is 0 Å². The Morgan fingerprint density at radius 2 is 2.00 bits per heavy atom. The third-order valence-corrected chi connectivity index (χ3v) is 3.92. The van der Waals surface area contributed by atoms with Gasteiger partial charge in [0.2, 0.25) is 0 Å². The second-order valence-corrected chi connectivity index (χ2v) is 5.98. The molecule has 0 bridgehead atoms. The normalized spacial score (nSPS) is 11.8. The van der Waals surface area contributed by atoms with Gasteiger partial charge < -0.3 is 10.1 Å². The smallest absolute Gasteiger partial charge is 0.251 e. The van der Waals surface area contributed by atoms with Crippen LogP contribution in [0.2, 0.25) is 5.02 Å². The molecular formula is C19H22ClNO2. The van der Waals surface area contributed by atoms with Crippen LogP contribution in [0.5, 0.6) is 5.75 Å². The lowest BCUT2D eigenvalue weighted by molar-refractivity contribution is 0.0938. The average Bonchev–Trinajstić information content (AvgIpc) is 2.54. The maximum atomic E-state index is 12.2. The number of carbonyl (C=O) groups excluding carboxylic acids is 1. The first kappa shape index (κ1) is 17.4. The first-order chi connectivity index (χ1) is 11.1. The Labute approximate surface area is 142 Å². The lowest BCUT2D eigenvalue weighted by Gasteiger charge is -2.13. The first-order valence-electron chi connectivity index (χ1n) is 7.87. The Hall–Kier alpha value is -2.00. The fraction of sp³-hybridized carbons (Fsp3) is 0.316. The maximum Gasteiger partial charge on any atom is 0.251 e. The standard InChI is InChI=1S/C19H22ClNO2/c1-3-7-14(2)21-19(22)15-9-6-10-17(12-15)23-13-16-8-4-5-11-18(16)20/h4-6,8-12,14H,3,7,13H2,1-2H3,(H,21,22)/t14-/m1/s1. The van der Waals surface area contributed by atoms with Crippen molar-refractivity contribution in [2.45, 2.75) is 39.3 Å². The molecule has 1 N–H and O–H groups in total. The number of hydrogen-bond acceptors (Lipinski definition) is 2. The fourth-order valence-electron chi connectivity index (χ4n) is 2.32. The molecule has 0 spiro atoms. The van der Waals surface area contributed by atoms with Crippen molar-refractivity contribution in [2.24, 2.45) is 0 Å². The maximum absolute atomic E-state index is 12.2. The summed E-state index contributed by atoms with van der Waals surface area (Å²) in [6.07, 6.45) is 2.01. The Balaban J connectivity index is 1.99. The van der Waals surface area contributed by atoms with E-state index in [0.717, 1.165) is 18.4 Å². The van der Waals surface area contributed by atoms with Crippen LogP contribution in [0.25, 0.3) is 0 Å². The van der Waals surface area contributed by atoms with Gasteiger partial charge in [0.25, 0.3) is 5.91 Å². The predicted molar refractivity (Wildman–Crippen MR) is 94.1 cm³/mol. The number of ether oxygens (including phenoxy) is 1. The molecule has 0 aliphatic rings. The van der Waals surface area contributed by atoms with E-state index in [4.69, 9.17) is 16.3 Å². The molecule has 0 fully saturated rings. The van der Waals surface area contributed by atoms with Crippen molar-refractivity contribution in [3.63, 3.8) is 0 Å². The summed E-state index contributed by atoms with van der Waals surface area (Å²) in [5.74, 6) is 0.579. The van der Waals surface area contributed by atoms with Crippen LogP contribution in [0.1, 0.15) is 42.6 Å². The molecule has 0 saturated carbocycles. The zero-order valence-electron chi connectivity index (χ0n) is 13.5. The van der Waals surface area contributed by atoms with Gasteiger partial charge in [0, 0.05) is 22.2 Å². The summed E-state index contributed by atoms with van der Waals surface area (Å²) < 4.78 is 5.75. The summed E-state index contributed by atoms with van der Waals surface area (Å²) in [6.45, 7) is 4.49. The SMILES string of the molecule is CCC[C@@H](C)NC(=O)c1cccc(OCc2ccccc2Cl)c1. The van der Waals surface area contributed by atoms with Gasteiger partial charge in [-0.15, -0.1) is 0 Å². The zero-order chi connectivity index (χ0) is 16.7. The number of amides is 1. The van der Waals surface area contributed by atoms with Gasteiger partial charge in [0.05, 0.1) is 0 Å². The number of hydrogen-bond donors (Lipinski definition) is 1. The molecule has 0 aliphatic heterocycles. The lowest BCUT2D eigenvalue weighted by atomic mass is 10.1. The molecule has 1 atom stereocenters. The molecule has 23 heavy (non-hydrogen) atoms. The Morgan fingerprint density at radius 3 is 2.74 bits per heavy atom. The molecule has 3 nitrogen and oxygen atoms in total. The van der Waals surface area contributed by atoms with Crippen molar-refractivity contribution in [1.82, 2.24) is 5.32 Å². The highest BCUT2D eigenvalue weighted by molar-refractivity contribution is 6.31. The fourth-order valence-corrected chi connectivity index (χ4v) is 2.51. The third kappa shape index (κ3) is 5.29. The van der Waals surface area contributed by atoms with Gasteiger partial charge in [-0.25, -0.2) is 0 Å². The molecule has 0 heterocycles. The van der Waals surface area contributed by atoms with Crippen LogP contribution < -0.4 is 10.1 Å². The van der Waals surface area contributed by atoms with Gasteiger partial charge in [-0.1, -0.05) is 49.2 Å². The quantitative estimate of drug-likeness (QED) is 0.788. The first-order valence-corrected chi connectivity index (χ1v) is 8.25. The largest absolute Gasteiger partial charge is 0.489 e. The van der Waals surface area contributed by atoms with E-state index in [2.05, 4.69) is 12.2 Å². The number of benzene rings is 2. The number of rotatable bonds is 7. The third-order valence-electron chi connectivity index (χ3n) is 3.55. The average molecular weight is 332 g/mol. The zero-order valence-corrected chi connectivity index (χ0v) is 14.3. The van der Waals surface area contributed by atoms with Crippen LogP contribution in [-0.4, -0.2) is 11.9 Å². The van der Waals surface area contributed by atoms with Crippen molar-refractivity contribution >= 4 is 17.5 Å². The molecule has 0 aromatic heterocycles. The van der Waals surface area contributed by atoms with Gasteiger partial charge in [-0.05, 0) is 37.6 Å². The molecule has 122 valence electrons. The minimum Gasteiger partial charge on any atom is -0.489 e. The molecule has 0 aliphatic carbocycles. The van der Waals surface area contributed by atoms with Gasteiger partial charge in [-0.3, -0.25) is 4.79 Å². The topological polar surface area (TPSA) is 38.3 Å². The summed E-state index contributed by atoms with van der Waals surface area (Å²) in [5, 5.41) is 3.67. The second kappa shape index (κ2) is 8.59. The number of carbonyl (C=O) groups is 1. The highest BCUT2D eigenvalue weighted by Crippen LogP contribution is 2.19. The van der Waals surface area contributed by atoms with E-state index in [1.165, 1.54) is 0 Å². The molecule has 4 heteroatoms. The van der Waals surface area contributed by atoms with Crippen LogP contribution >= 0.6 is 11.6 Å². The highest BCUT2D eigenvalue weighted by atomic mass is 35.5. The molecule has 1 amide bonds. The van der Waals surface area contributed by atoms with E-state index in [0.29, 0.717) is 22.9 Å². The van der Waals surface area contributed by atoms with Gasteiger partial charge in [-0.2, -0.15) is 0 Å². The van der Waals surface area contributed by atoms with Crippen LogP contribution in [-0.2, 0) is 6.61 Å². The summed E-state index contributed by atoms with van der Waals surface area (Å²) in [6, 6.07) is 14.9. The van der Waals surface area contributed by atoms with Crippen LogP contribution in [0, 0.1) is 0 Å². The van der Waals surface area contributed by atoms with Gasteiger partial charge in [0.1, 0.15) is 12.4 Å². The Bertz CT molecular complexity index is 657.